The van der Waals surface area contributed by atoms with E-state index in [2.05, 4.69) is 48.5 Å². The number of hydrogen-bond acceptors (Lipinski definition) is 3. The Morgan fingerprint density at radius 1 is 0.783 bits per heavy atom. The number of fused-ring (bicyclic) bond motifs is 3. The van der Waals surface area contributed by atoms with Crippen molar-refractivity contribution in [3.05, 3.63) is 53.2 Å². The topological polar surface area (TPSA) is 34.3 Å². The summed E-state index contributed by atoms with van der Waals surface area (Å²) in [6.45, 7) is 3.26. The summed E-state index contributed by atoms with van der Waals surface area (Å²) < 4.78 is 15.1. The van der Waals surface area contributed by atoms with E-state index in [0.29, 0.717) is 12.2 Å². The molecule has 0 radical (unpaired) electrons. The average Bonchev–Trinajstić information content (AvgIpc) is 3.45. The summed E-state index contributed by atoms with van der Waals surface area (Å²) in [5.41, 5.74) is 1.43. The Balaban J connectivity index is 0.000000117. The molecule has 3 aliphatic rings. The molecule has 2 atom stereocenters. The minimum atomic E-state index is 0.392. The molecule has 3 aromatic rings. The van der Waals surface area contributed by atoms with Crippen molar-refractivity contribution in [2.24, 2.45) is 0 Å². The molecule has 23 heavy (non-hydrogen) atoms. The van der Waals surface area contributed by atoms with Crippen LogP contribution in [0.5, 0.6) is 0 Å². The smallest absolute Gasteiger partial charge is 0.104 e. The molecule has 116 valence electrons. The molecular formula is C20H18O3. The highest BCUT2D eigenvalue weighted by atomic mass is 16.6. The Labute approximate surface area is 134 Å². The second-order valence-electron chi connectivity index (χ2n) is 6.32. The Morgan fingerprint density at radius 3 is 2.09 bits per heavy atom. The first-order valence-corrected chi connectivity index (χ1v) is 8.16. The van der Waals surface area contributed by atoms with Crippen molar-refractivity contribution in [2.45, 2.75) is 12.2 Å². The number of benzene rings is 3. The fourth-order valence-electron chi connectivity index (χ4n) is 3.17. The summed E-state index contributed by atoms with van der Waals surface area (Å²) in [6.07, 6.45) is 3.08. The lowest BCUT2D eigenvalue weighted by molar-refractivity contribution is 0.102. The van der Waals surface area contributed by atoms with Crippen LogP contribution in [0.15, 0.2) is 42.5 Å². The highest BCUT2D eigenvalue weighted by Crippen LogP contribution is 2.31. The molecule has 2 heterocycles. The van der Waals surface area contributed by atoms with Crippen LogP contribution >= 0.6 is 0 Å². The van der Waals surface area contributed by atoms with Gasteiger partial charge in [0.05, 0.1) is 26.4 Å². The Bertz CT molecular complexity index is 911. The lowest BCUT2D eigenvalue weighted by Crippen LogP contribution is -2.15. The molecule has 0 saturated carbocycles. The Morgan fingerprint density at radius 2 is 1.39 bits per heavy atom. The maximum Gasteiger partial charge on any atom is 0.104 e. The lowest BCUT2D eigenvalue weighted by Gasteiger charge is -2.17. The summed E-state index contributed by atoms with van der Waals surface area (Å²) in [6, 6.07) is 15.2. The van der Waals surface area contributed by atoms with Crippen LogP contribution in [0.25, 0.3) is 27.6 Å². The van der Waals surface area contributed by atoms with Gasteiger partial charge in [-0.15, -0.1) is 0 Å². The molecular weight excluding hydrogens is 288 g/mol. The van der Waals surface area contributed by atoms with Crippen molar-refractivity contribution in [1.29, 1.82) is 0 Å². The van der Waals surface area contributed by atoms with Crippen LogP contribution in [0.3, 0.4) is 0 Å². The van der Waals surface area contributed by atoms with Crippen LogP contribution < -0.4 is 5.22 Å². The molecule has 2 saturated heterocycles. The summed E-state index contributed by atoms with van der Waals surface area (Å²) in [5.74, 6) is 0. The van der Waals surface area contributed by atoms with Gasteiger partial charge in [-0.2, -0.15) is 0 Å². The fourth-order valence-corrected chi connectivity index (χ4v) is 3.17. The average molecular weight is 306 g/mol. The van der Waals surface area contributed by atoms with Crippen molar-refractivity contribution in [2.75, 3.05) is 26.4 Å². The van der Waals surface area contributed by atoms with E-state index < -0.39 is 0 Å². The summed E-state index contributed by atoms with van der Waals surface area (Å²) in [5, 5.41) is 7.04. The van der Waals surface area contributed by atoms with Gasteiger partial charge in [0, 0.05) is 0 Å². The molecule has 3 aromatic carbocycles. The van der Waals surface area contributed by atoms with Crippen LogP contribution in [-0.2, 0) is 14.2 Å². The molecule has 0 N–H and O–H groups in total. The van der Waals surface area contributed by atoms with Gasteiger partial charge in [0.15, 0.2) is 0 Å². The van der Waals surface area contributed by atoms with Gasteiger partial charge in [0.1, 0.15) is 12.2 Å². The van der Waals surface area contributed by atoms with E-state index in [9.17, 15) is 0 Å². The predicted molar refractivity (Wildman–Crippen MR) is 90.5 cm³/mol. The summed E-state index contributed by atoms with van der Waals surface area (Å²) >= 11 is 0. The highest BCUT2D eigenvalue weighted by molar-refractivity contribution is 6.14. The summed E-state index contributed by atoms with van der Waals surface area (Å²) in [7, 11) is 0. The van der Waals surface area contributed by atoms with E-state index in [1.54, 1.807) is 0 Å². The molecule has 6 rings (SSSR count). The van der Waals surface area contributed by atoms with Gasteiger partial charge in [-0.25, -0.2) is 0 Å². The van der Waals surface area contributed by atoms with Crippen molar-refractivity contribution in [3.8, 4) is 0 Å². The zero-order valence-electron chi connectivity index (χ0n) is 12.8. The minimum Gasteiger partial charge on any atom is -0.376 e. The molecule has 3 nitrogen and oxygen atoms in total. The van der Waals surface area contributed by atoms with E-state index in [1.807, 2.05) is 0 Å². The van der Waals surface area contributed by atoms with Crippen LogP contribution in [0, 0.1) is 0 Å². The molecule has 0 amide bonds. The molecule has 0 spiro atoms. The van der Waals surface area contributed by atoms with Gasteiger partial charge < -0.3 is 14.2 Å². The van der Waals surface area contributed by atoms with Crippen LogP contribution in [-0.4, -0.2) is 38.6 Å². The first kappa shape index (κ1) is 13.5. The molecule has 2 unspecified atom stereocenters. The molecule has 0 aromatic heterocycles. The minimum absolute atomic E-state index is 0.392. The molecule has 4 bridgehead atoms. The normalized spacial score (nSPS) is 23.0. The van der Waals surface area contributed by atoms with Crippen LogP contribution in [0.2, 0.25) is 0 Å². The first-order valence-electron chi connectivity index (χ1n) is 8.16. The monoisotopic (exact) mass is 306 g/mol. The van der Waals surface area contributed by atoms with Crippen LogP contribution in [0.1, 0.15) is 5.56 Å². The largest absolute Gasteiger partial charge is 0.376 e. The maximum atomic E-state index is 5.23. The number of rotatable bonds is 4. The highest BCUT2D eigenvalue weighted by Gasteiger charge is 2.26. The van der Waals surface area contributed by atoms with E-state index in [4.69, 9.17) is 14.2 Å². The number of hydrogen-bond donors (Lipinski definition) is 0. The van der Waals surface area contributed by atoms with Gasteiger partial charge in [-0.1, -0.05) is 42.5 Å². The van der Waals surface area contributed by atoms with Crippen molar-refractivity contribution >= 4 is 27.6 Å². The van der Waals surface area contributed by atoms with Gasteiger partial charge in [0.2, 0.25) is 0 Å². The predicted octanol–water partition coefficient (Wildman–Crippen LogP) is 2.65. The van der Waals surface area contributed by atoms with E-state index in [1.165, 1.54) is 32.3 Å². The van der Waals surface area contributed by atoms with Crippen molar-refractivity contribution in [3.63, 3.8) is 0 Å². The SMILES string of the molecule is C(OCC1CO1)C1CO1.C1=c2c3cccc(c31)c1ccccc21. The Kier molecular flexibility index (Phi) is 3.11. The van der Waals surface area contributed by atoms with Gasteiger partial charge in [0.25, 0.3) is 0 Å². The maximum absolute atomic E-state index is 5.23. The molecule has 3 heteroatoms. The van der Waals surface area contributed by atoms with E-state index in [0.717, 1.165) is 26.4 Å². The van der Waals surface area contributed by atoms with Gasteiger partial charge in [-0.05, 0) is 38.4 Å². The quantitative estimate of drug-likeness (QED) is 0.544. The van der Waals surface area contributed by atoms with E-state index >= 15 is 0 Å². The standard InChI is InChI=1S/C14H8.C6H10O3/c1-2-5-10-9(4-1)11-6-3-7-12-13(10)8-14(11)12;1(5-3-8-5)7-2-6-4-9-6/h1-8H;5-6H,1-4H2. The molecule has 2 fully saturated rings. The Hall–Kier alpha value is -1.94. The van der Waals surface area contributed by atoms with Crippen molar-refractivity contribution in [1.82, 2.24) is 0 Å². The zero-order chi connectivity index (χ0) is 15.2. The van der Waals surface area contributed by atoms with Gasteiger partial charge >= 0.3 is 0 Å². The molecule has 2 aliphatic heterocycles. The first-order chi connectivity index (χ1) is 11.4. The second kappa shape index (κ2) is 5.31. The zero-order valence-corrected chi connectivity index (χ0v) is 12.8. The summed E-state index contributed by atoms with van der Waals surface area (Å²) in [4.78, 5) is 0. The third-order valence-electron chi connectivity index (χ3n) is 4.60. The van der Waals surface area contributed by atoms with Crippen molar-refractivity contribution < 1.29 is 14.2 Å². The third kappa shape index (κ3) is 2.51. The lowest BCUT2D eigenvalue weighted by atomic mass is 9.86. The molecule has 1 aliphatic carbocycles. The second-order valence-corrected chi connectivity index (χ2v) is 6.32. The van der Waals surface area contributed by atoms with Crippen LogP contribution in [0.4, 0.5) is 0 Å². The third-order valence-corrected chi connectivity index (χ3v) is 4.60. The van der Waals surface area contributed by atoms with Gasteiger partial charge in [-0.3, -0.25) is 0 Å². The van der Waals surface area contributed by atoms with E-state index in [-0.39, 0.29) is 0 Å². The fraction of sp³-hybridized carbons (Fsp3) is 0.300. The number of epoxide rings is 2. The number of ether oxygens (including phenoxy) is 3.